The van der Waals surface area contributed by atoms with Crippen LogP contribution >= 0.6 is 0 Å². The van der Waals surface area contributed by atoms with Crippen LogP contribution in [-0.2, 0) is 0 Å². The monoisotopic (exact) mass is 212 g/mol. The minimum atomic E-state index is -0.561. The Morgan fingerprint density at radius 3 is 2.87 bits per heavy atom. The molecule has 1 rings (SSSR count). The van der Waals surface area contributed by atoms with Crippen molar-refractivity contribution in [1.82, 2.24) is 0 Å². The van der Waals surface area contributed by atoms with Crippen LogP contribution < -0.4 is 10.5 Å². The fraction of sp³-hybridized carbons (Fsp3) is 0.333. The van der Waals surface area contributed by atoms with Gasteiger partial charge in [0.05, 0.1) is 11.5 Å². The van der Waals surface area contributed by atoms with E-state index in [-0.39, 0.29) is 30.3 Å². The van der Waals surface area contributed by atoms with Crippen molar-refractivity contribution in [3.05, 3.63) is 28.3 Å². The molecular weight excluding hydrogens is 200 g/mol. The van der Waals surface area contributed by atoms with Crippen LogP contribution in [0.15, 0.2) is 18.2 Å². The van der Waals surface area contributed by atoms with E-state index in [9.17, 15) is 10.1 Å². The highest BCUT2D eigenvalue weighted by atomic mass is 16.6. The van der Waals surface area contributed by atoms with Crippen molar-refractivity contribution >= 4 is 11.4 Å². The molecule has 0 heterocycles. The average Bonchev–Trinajstić information content (AvgIpc) is 2.20. The molecule has 0 aliphatic heterocycles. The van der Waals surface area contributed by atoms with Crippen LogP contribution in [0.3, 0.4) is 0 Å². The zero-order valence-electron chi connectivity index (χ0n) is 8.05. The summed E-state index contributed by atoms with van der Waals surface area (Å²) in [6.45, 7) is 0.288. The third kappa shape index (κ3) is 2.81. The van der Waals surface area contributed by atoms with Crippen molar-refractivity contribution in [3.63, 3.8) is 0 Å². The van der Waals surface area contributed by atoms with E-state index in [1.54, 1.807) is 6.07 Å². The topological polar surface area (TPSA) is 98.6 Å². The van der Waals surface area contributed by atoms with Gasteiger partial charge in [0.1, 0.15) is 5.75 Å². The largest absolute Gasteiger partial charge is 0.491 e. The Balaban J connectivity index is 2.80. The standard InChI is InChI=1S/C9H12N2O4/c10-9-7(11(13)14)3-1-4-8(9)15-6-2-5-12/h1,3-4,12H,2,5-6,10H2. The van der Waals surface area contributed by atoms with Gasteiger partial charge in [-0.15, -0.1) is 0 Å². The van der Waals surface area contributed by atoms with E-state index in [1.165, 1.54) is 12.1 Å². The molecule has 0 saturated heterocycles. The Morgan fingerprint density at radius 1 is 1.53 bits per heavy atom. The number of nitrogens with two attached hydrogens (primary N) is 1. The Labute approximate surface area is 86.4 Å². The molecule has 0 aliphatic carbocycles. The van der Waals surface area contributed by atoms with Gasteiger partial charge >= 0.3 is 0 Å². The molecule has 0 radical (unpaired) electrons. The Bertz CT molecular complexity index is 354. The number of hydrogen-bond acceptors (Lipinski definition) is 5. The van der Waals surface area contributed by atoms with Crippen molar-refractivity contribution in [2.45, 2.75) is 6.42 Å². The number of aliphatic hydroxyl groups is 1. The molecule has 0 bridgehead atoms. The lowest BCUT2D eigenvalue weighted by Gasteiger charge is -2.07. The van der Waals surface area contributed by atoms with E-state index in [1.807, 2.05) is 0 Å². The van der Waals surface area contributed by atoms with E-state index in [4.69, 9.17) is 15.6 Å². The normalized spacial score (nSPS) is 9.93. The number of nitro benzene ring substituents is 1. The molecule has 0 unspecified atom stereocenters. The number of nitro groups is 1. The first-order valence-corrected chi connectivity index (χ1v) is 4.43. The predicted molar refractivity (Wildman–Crippen MR) is 54.7 cm³/mol. The summed E-state index contributed by atoms with van der Waals surface area (Å²) in [4.78, 5) is 9.97. The summed E-state index contributed by atoms with van der Waals surface area (Å²) in [6.07, 6.45) is 0.460. The number of ether oxygens (including phenoxy) is 1. The summed E-state index contributed by atoms with van der Waals surface area (Å²) in [6, 6.07) is 4.37. The fourth-order valence-corrected chi connectivity index (χ4v) is 1.06. The van der Waals surface area contributed by atoms with Crippen molar-refractivity contribution in [3.8, 4) is 5.75 Å². The second-order valence-electron chi connectivity index (χ2n) is 2.87. The van der Waals surface area contributed by atoms with E-state index in [0.29, 0.717) is 6.42 Å². The van der Waals surface area contributed by atoms with Crippen molar-refractivity contribution in [2.24, 2.45) is 0 Å². The number of aliphatic hydroxyl groups excluding tert-OH is 1. The molecule has 6 heteroatoms. The van der Waals surface area contributed by atoms with E-state index in [2.05, 4.69) is 0 Å². The third-order valence-corrected chi connectivity index (χ3v) is 1.80. The maximum Gasteiger partial charge on any atom is 0.295 e. The van der Waals surface area contributed by atoms with Crippen LogP contribution in [0.25, 0.3) is 0 Å². The summed E-state index contributed by atoms with van der Waals surface area (Å²) in [5.74, 6) is 0.276. The molecule has 0 saturated carbocycles. The van der Waals surface area contributed by atoms with Gasteiger partial charge in [-0.25, -0.2) is 0 Å². The number of para-hydroxylation sites is 1. The molecule has 0 fully saturated rings. The lowest BCUT2D eigenvalue weighted by Crippen LogP contribution is -2.03. The third-order valence-electron chi connectivity index (χ3n) is 1.80. The van der Waals surface area contributed by atoms with E-state index >= 15 is 0 Å². The molecule has 0 amide bonds. The highest BCUT2D eigenvalue weighted by molar-refractivity contribution is 5.66. The molecule has 0 aromatic heterocycles. The number of rotatable bonds is 5. The average molecular weight is 212 g/mol. The molecule has 0 spiro atoms. The summed E-state index contributed by atoms with van der Waals surface area (Å²) in [5, 5.41) is 19.1. The Hall–Kier alpha value is -1.82. The number of nitrogen functional groups attached to an aromatic ring is 1. The first-order valence-electron chi connectivity index (χ1n) is 4.43. The van der Waals surface area contributed by atoms with E-state index < -0.39 is 4.92 Å². The molecule has 3 N–H and O–H groups in total. The van der Waals surface area contributed by atoms with Crippen LogP contribution in [-0.4, -0.2) is 23.2 Å². The second-order valence-corrected chi connectivity index (χ2v) is 2.87. The number of anilines is 1. The van der Waals surface area contributed by atoms with Gasteiger partial charge in [-0.2, -0.15) is 0 Å². The number of nitrogens with zero attached hydrogens (tertiary/aromatic N) is 1. The zero-order valence-corrected chi connectivity index (χ0v) is 8.05. The maximum atomic E-state index is 10.5. The first-order chi connectivity index (χ1) is 7.16. The van der Waals surface area contributed by atoms with Crippen LogP contribution in [0, 0.1) is 10.1 Å². The van der Waals surface area contributed by atoms with Gasteiger partial charge in [0.2, 0.25) is 0 Å². The van der Waals surface area contributed by atoms with Gasteiger partial charge in [-0.1, -0.05) is 6.07 Å². The second kappa shape index (κ2) is 5.16. The lowest BCUT2D eigenvalue weighted by atomic mass is 10.2. The highest BCUT2D eigenvalue weighted by Crippen LogP contribution is 2.30. The minimum absolute atomic E-state index is 0.00876. The van der Waals surface area contributed by atoms with E-state index in [0.717, 1.165) is 0 Å². The van der Waals surface area contributed by atoms with Gasteiger partial charge in [-0.3, -0.25) is 10.1 Å². The zero-order chi connectivity index (χ0) is 11.3. The van der Waals surface area contributed by atoms with Crippen molar-refractivity contribution in [1.29, 1.82) is 0 Å². The fourth-order valence-electron chi connectivity index (χ4n) is 1.06. The van der Waals surface area contributed by atoms with Crippen LogP contribution in [0.2, 0.25) is 0 Å². The first kappa shape index (κ1) is 11.3. The lowest BCUT2D eigenvalue weighted by molar-refractivity contribution is -0.384. The summed E-state index contributed by atoms with van der Waals surface area (Å²) < 4.78 is 5.18. The van der Waals surface area contributed by atoms with Gasteiger partial charge in [0.15, 0.2) is 5.69 Å². The van der Waals surface area contributed by atoms with Crippen molar-refractivity contribution in [2.75, 3.05) is 18.9 Å². The summed E-state index contributed by atoms with van der Waals surface area (Å²) in [5.41, 5.74) is 5.38. The van der Waals surface area contributed by atoms with Crippen LogP contribution in [0.5, 0.6) is 5.75 Å². The highest BCUT2D eigenvalue weighted by Gasteiger charge is 2.14. The molecule has 0 aliphatic rings. The molecule has 1 aromatic rings. The quantitative estimate of drug-likeness (QED) is 0.327. The maximum absolute atomic E-state index is 10.5. The van der Waals surface area contributed by atoms with Gasteiger partial charge in [0.25, 0.3) is 5.69 Å². The predicted octanol–water partition coefficient (Wildman–Crippen LogP) is 0.938. The molecule has 0 atom stereocenters. The van der Waals surface area contributed by atoms with Gasteiger partial charge < -0.3 is 15.6 Å². The summed E-state index contributed by atoms with van der Waals surface area (Å²) >= 11 is 0. The smallest absolute Gasteiger partial charge is 0.295 e. The number of benzene rings is 1. The number of hydrogen-bond donors (Lipinski definition) is 2. The molecule has 1 aromatic carbocycles. The Morgan fingerprint density at radius 2 is 2.27 bits per heavy atom. The van der Waals surface area contributed by atoms with Crippen molar-refractivity contribution < 1.29 is 14.8 Å². The SMILES string of the molecule is Nc1c(OCCCO)cccc1[N+](=O)[O-]. The van der Waals surface area contributed by atoms with Gasteiger partial charge in [-0.05, 0) is 6.07 Å². The Kier molecular flexibility index (Phi) is 3.87. The molecular formula is C9H12N2O4. The van der Waals surface area contributed by atoms with Crippen LogP contribution in [0.1, 0.15) is 6.42 Å². The molecule has 82 valence electrons. The summed E-state index contributed by atoms with van der Waals surface area (Å²) in [7, 11) is 0. The molecule has 15 heavy (non-hydrogen) atoms. The minimum Gasteiger partial charge on any atom is -0.491 e. The molecule has 6 nitrogen and oxygen atoms in total. The van der Waals surface area contributed by atoms with Crippen LogP contribution in [0.4, 0.5) is 11.4 Å². The van der Waals surface area contributed by atoms with Gasteiger partial charge in [0, 0.05) is 19.1 Å².